The van der Waals surface area contributed by atoms with E-state index in [1.54, 1.807) is 0 Å². The minimum Gasteiger partial charge on any atom is -0.257 e. The molecule has 0 bridgehead atoms. The van der Waals surface area contributed by atoms with Gasteiger partial charge in [0.25, 0.3) is 0 Å². The number of nitrogens with zero attached hydrogens (tertiary/aromatic N) is 1. The van der Waals surface area contributed by atoms with E-state index in [4.69, 9.17) is 0 Å². The van der Waals surface area contributed by atoms with Gasteiger partial charge >= 0.3 is 0 Å². The Hall–Kier alpha value is 0.600. The van der Waals surface area contributed by atoms with Gasteiger partial charge in [0.1, 0.15) is 0 Å². The summed E-state index contributed by atoms with van der Waals surface area (Å²) in [6, 6.07) is 0.324. The summed E-state index contributed by atoms with van der Waals surface area (Å²) in [5.41, 5.74) is 0. The first kappa shape index (κ1) is 9.69. The molecule has 4 nitrogen and oxygen atoms in total. The van der Waals surface area contributed by atoms with E-state index in [1.165, 1.54) is 10.6 Å². The first-order valence-electron chi connectivity index (χ1n) is 3.35. The molecule has 0 aromatic carbocycles. The van der Waals surface area contributed by atoms with Gasteiger partial charge in [-0.15, -0.1) is 0 Å². The maximum Gasteiger partial charge on any atom is 0.211 e. The van der Waals surface area contributed by atoms with Gasteiger partial charge in [-0.25, -0.2) is 12.7 Å². The standard InChI is InChI=1S/C5H11IN2O2S/c1-11(9,10)8-3-2-5(4-8)7-6/h5,7H,2-4H2,1H3/t5-/m0/s1. The van der Waals surface area contributed by atoms with Gasteiger partial charge in [0.2, 0.25) is 10.0 Å². The third kappa shape index (κ3) is 2.53. The lowest BCUT2D eigenvalue weighted by Gasteiger charge is -2.11. The van der Waals surface area contributed by atoms with E-state index in [9.17, 15) is 8.42 Å². The first-order chi connectivity index (χ1) is 5.04. The van der Waals surface area contributed by atoms with Crippen LogP contribution in [-0.4, -0.2) is 38.1 Å². The molecule has 1 aliphatic heterocycles. The molecule has 11 heavy (non-hydrogen) atoms. The predicted molar refractivity (Wildman–Crippen MR) is 52.0 cm³/mol. The van der Waals surface area contributed by atoms with Crippen LogP contribution in [-0.2, 0) is 10.0 Å². The van der Waals surface area contributed by atoms with Gasteiger partial charge in [-0.1, -0.05) is 0 Å². The summed E-state index contributed by atoms with van der Waals surface area (Å²) in [6.07, 6.45) is 2.17. The van der Waals surface area contributed by atoms with Crippen LogP contribution in [0.25, 0.3) is 0 Å². The molecule has 0 aliphatic carbocycles. The van der Waals surface area contributed by atoms with Crippen molar-refractivity contribution in [3.63, 3.8) is 0 Å². The highest BCUT2D eigenvalue weighted by Crippen LogP contribution is 2.12. The summed E-state index contributed by atoms with van der Waals surface area (Å²) in [7, 11) is -2.96. The van der Waals surface area contributed by atoms with Crippen molar-refractivity contribution in [3.05, 3.63) is 0 Å². The molecule has 0 aromatic heterocycles. The Balaban J connectivity index is 2.55. The van der Waals surface area contributed by atoms with Gasteiger partial charge < -0.3 is 0 Å². The molecule has 0 unspecified atom stereocenters. The highest BCUT2D eigenvalue weighted by atomic mass is 127. The van der Waals surface area contributed by atoms with Crippen LogP contribution >= 0.6 is 22.9 Å². The average molecular weight is 290 g/mol. The summed E-state index contributed by atoms with van der Waals surface area (Å²) in [5.74, 6) is 0. The summed E-state index contributed by atoms with van der Waals surface area (Å²) in [4.78, 5) is 0. The molecule has 66 valence electrons. The Labute approximate surface area is 80.9 Å². The second kappa shape index (κ2) is 3.55. The van der Waals surface area contributed by atoms with Crippen LogP contribution in [0.5, 0.6) is 0 Å². The molecule has 1 fully saturated rings. The topological polar surface area (TPSA) is 49.4 Å². The van der Waals surface area contributed by atoms with Crippen LogP contribution in [0.15, 0.2) is 0 Å². The summed E-state index contributed by atoms with van der Waals surface area (Å²) >= 11 is 2.06. The number of nitrogens with one attached hydrogen (secondary N) is 1. The molecule has 6 heteroatoms. The zero-order valence-corrected chi connectivity index (χ0v) is 9.22. The molecule has 1 heterocycles. The molecular formula is C5H11IN2O2S. The Bertz CT molecular complexity index is 229. The maximum atomic E-state index is 11.0. The summed E-state index contributed by atoms with van der Waals surface area (Å²) in [6.45, 7) is 1.27. The minimum atomic E-state index is -2.96. The van der Waals surface area contributed by atoms with E-state index in [1.807, 2.05) is 0 Å². The Morgan fingerprint density at radius 2 is 2.27 bits per heavy atom. The minimum absolute atomic E-state index is 0.324. The Morgan fingerprint density at radius 1 is 1.64 bits per heavy atom. The molecule has 0 aromatic rings. The van der Waals surface area contributed by atoms with Gasteiger partial charge in [-0.05, 0) is 6.42 Å². The molecule has 1 saturated heterocycles. The molecule has 0 saturated carbocycles. The van der Waals surface area contributed by atoms with Crippen LogP contribution in [0.4, 0.5) is 0 Å². The number of sulfonamides is 1. The van der Waals surface area contributed by atoms with Crippen molar-refractivity contribution in [2.45, 2.75) is 12.5 Å². The smallest absolute Gasteiger partial charge is 0.211 e. The lowest BCUT2D eigenvalue weighted by atomic mass is 10.3. The predicted octanol–water partition coefficient (Wildman–Crippen LogP) is -0.0401. The Kier molecular flexibility index (Phi) is 3.12. The van der Waals surface area contributed by atoms with E-state index in [-0.39, 0.29) is 0 Å². The SMILES string of the molecule is CS(=O)(=O)N1CC[C@H](NI)C1. The molecule has 1 rings (SSSR count). The van der Waals surface area contributed by atoms with Crippen LogP contribution < -0.4 is 3.53 Å². The quantitative estimate of drug-likeness (QED) is 0.573. The van der Waals surface area contributed by atoms with Gasteiger partial charge in [-0.2, -0.15) is 0 Å². The highest BCUT2D eigenvalue weighted by molar-refractivity contribution is 14.1. The monoisotopic (exact) mass is 290 g/mol. The van der Waals surface area contributed by atoms with Gasteiger partial charge in [0, 0.05) is 42.0 Å². The van der Waals surface area contributed by atoms with Gasteiger partial charge in [-0.3, -0.25) is 3.53 Å². The summed E-state index contributed by atoms with van der Waals surface area (Å²) in [5, 5.41) is 0. The number of hydrogen-bond acceptors (Lipinski definition) is 3. The fraction of sp³-hybridized carbons (Fsp3) is 1.00. The normalized spacial score (nSPS) is 27.6. The lowest BCUT2D eigenvalue weighted by molar-refractivity contribution is 0.476. The van der Waals surface area contributed by atoms with Crippen molar-refractivity contribution in [2.24, 2.45) is 0 Å². The molecule has 0 amide bonds. The molecular weight excluding hydrogens is 279 g/mol. The molecule has 1 atom stereocenters. The second-order valence-corrected chi connectivity index (χ2v) is 5.32. The third-order valence-electron chi connectivity index (χ3n) is 1.77. The van der Waals surface area contributed by atoms with Gasteiger partial charge in [0.15, 0.2) is 0 Å². The third-order valence-corrected chi connectivity index (χ3v) is 3.92. The van der Waals surface area contributed by atoms with Crippen LogP contribution in [0, 0.1) is 0 Å². The van der Waals surface area contributed by atoms with E-state index in [2.05, 4.69) is 26.4 Å². The highest BCUT2D eigenvalue weighted by Gasteiger charge is 2.27. The zero-order chi connectivity index (χ0) is 8.48. The average Bonchev–Trinajstić information content (AvgIpc) is 2.32. The number of hydrogen-bond donors (Lipinski definition) is 1. The van der Waals surface area contributed by atoms with Crippen molar-refractivity contribution < 1.29 is 8.42 Å². The van der Waals surface area contributed by atoms with Crippen LogP contribution in [0.2, 0.25) is 0 Å². The maximum absolute atomic E-state index is 11.0. The van der Waals surface area contributed by atoms with Crippen molar-refractivity contribution >= 4 is 32.9 Å². The fourth-order valence-electron chi connectivity index (χ4n) is 1.12. The Morgan fingerprint density at radius 3 is 2.55 bits per heavy atom. The zero-order valence-electron chi connectivity index (χ0n) is 6.25. The van der Waals surface area contributed by atoms with Crippen LogP contribution in [0.1, 0.15) is 6.42 Å². The van der Waals surface area contributed by atoms with Crippen molar-refractivity contribution in [2.75, 3.05) is 19.3 Å². The molecule has 1 N–H and O–H groups in total. The second-order valence-electron chi connectivity index (χ2n) is 2.72. The molecule has 0 spiro atoms. The molecule has 1 aliphatic rings. The van der Waals surface area contributed by atoms with Crippen molar-refractivity contribution in [1.82, 2.24) is 7.84 Å². The van der Waals surface area contributed by atoms with Crippen LogP contribution in [0.3, 0.4) is 0 Å². The fourth-order valence-corrected chi connectivity index (χ4v) is 2.51. The lowest BCUT2D eigenvalue weighted by Crippen LogP contribution is -2.30. The number of rotatable bonds is 2. The first-order valence-corrected chi connectivity index (χ1v) is 6.28. The van der Waals surface area contributed by atoms with E-state index in [0.717, 1.165) is 6.42 Å². The summed E-state index contributed by atoms with van der Waals surface area (Å²) < 4.78 is 26.5. The van der Waals surface area contributed by atoms with Gasteiger partial charge in [0.05, 0.1) is 6.26 Å². The van der Waals surface area contributed by atoms with Crippen molar-refractivity contribution in [3.8, 4) is 0 Å². The largest absolute Gasteiger partial charge is 0.257 e. The molecule has 0 radical (unpaired) electrons. The number of halogens is 1. The van der Waals surface area contributed by atoms with Crippen molar-refractivity contribution in [1.29, 1.82) is 0 Å². The van der Waals surface area contributed by atoms with E-state index in [0.29, 0.717) is 19.1 Å². The van der Waals surface area contributed by atoms with E-state index >= 15 is 0 Å². The van der Waals surface area contributed by atoms with E-state index < -0.39 is 10.0 Å².